The van der Waals surface area contributed by atoms with Gasteiger partial charge < -0.3 is 69.3 Å². The molecule has 0 aliphatic carbocycles. The van der Waals surface area contributed by atoms with Gasteiger partial charge in [-0.25, -0.2) is 4.79 Å². The summed E-state index contributed by atoms with van der Waals surface area (Å²) >= 11 is 0. The smallest absolute Gasteiger partial charge is 0.326 e. The Bertz CT molecular complexity index is 2500. The molecule has 24 heteroatoms. The fourth-order valence-corrected chi connectivity index (χ4v) is 8.43. The highest BCUT2D eigenvalue weighted by Gasteiger charge is 2.41. The lowest BCUT2D eigenvalue weighted by Gasteiger charge is -2.32. The number of pyridine rings is 1. The molecule has 0 radical (unpaired) electrons. The number of aromatic hydroxyl groups is 1. The third-order valence-corrected chi connectivity index (χ3v) is 12.8. The van der Waals surface area contributed by atoms with Crippen LogP contribution in [-0.2, 0) is 62.4 Å². The van der Waals surface area contributed by atoms with Gasteiger partial charge in [0, 0.05) is 44.2 Å². The molecule has 1 aliphatic heterocycles. The van der Waals surface area contributed by atoms with Crippen LogP contribution in [-0.4, -0.2) is 146 Å². The van der Waals surface area contributed by atoms with E-state index in [0.29, 0.717) is 29.7 Å². The summed E-state index contributed by atoms with van der Waals surface area (Å²) in [7, 11) is 0. The van der Waals surface area contributed by atoms with Crippen molar-refractivity contribution in [2.45, 2.75) is 134 Å². The van der Waals surface area contributed by atoms with E-state index in [-0.39, 0.29) is 63.3 Å². The molecule has 9 atom stereocenters. The van der Waals surface area contributed by atoms with Gasteiger partial charge in [0.2, 0.25) is 41.4 Å². The molecule has 1 fully saturated rings. The Balaban J connectivity index is 1.61. The molecule has 0 bridgehead atoms. The molecule has 4 rings (SSSR count). The van der Waals surface area contributed by atoms with E-state index >= 15 is 0 Å². The number of aliphatic carboxylic acids is 2. The SMILES string of the molecule is CC[C@H](C)[C@H](NC(=O)[C@H](Cc1ccc(O)cc1)NC(=O)[C@@H](NC(=O)[C@H](CCCN=C(N)N)NC(=O)[C@@H](N)CC(=O)O)C(C)C)C(=O)N[C@@H](Cc1ccccn1)C(=O)N1CCC[C@H]1C(=O)N[C@@H](Cc1ccccc1)C(=O)O. The molecule has 1 saturated heterocycles. The van der Waals surface area contributed by atoms with Crippen LogP contribution in [0.25, 0.3) is 0 Å². The van der Waals surface area contributed by atoms with Gasteiger partial charge in [0.25, 0.3) is 0 Å². The Kier molecular flexibility index (Phi) is 23.6. The number of phenols is 1. The van der Waals surface area contributed by atoms with Crippen LogP contribution in [0.2, 0.25) is 0 Å². The number of nitrogens with zero attached hydrogens (tertiary/aromatic N) is 3. The highest BCUT2D eigenvalue weighted by Crippen LogP contribution is 2.21. The Morgan fingerprint density at radius 2 is 1.29 bits per heavy atom. The molecule has 2 heterocycles. The molecule has 2 aromatic carbocycles. The molecular weight excluding hydrogens is 985 g/mol. The molecule has 0 unspecified atom stereocenters. The van der Waals surface area contributed by atoms with Crippen LogP contribution in [0.3, 0.4) is 0 Å². The van der Waals surface area contributed by atoms with Gasteiger partial charge in [0.05, 0.1) is 12.5 Å². The molecule has 0 saturated carbocycles. The van der Waals surface area contributed by atoms with Crippen molar-refractivity contribution in [1.29, 1.82) is 0 Å². The summed E-state index contributed by atoms with van der Waals surface area (Å²) in [6, 6.07) is 8.98. The topological polar surface area (TPSA) is 393 Å². The van der Waals surface area contributed by atoms with E-state index in [1.54, 1.807) is 76.2 Å². The predicted molar refractivity (Wildman–Crippen MR) is 278 cm³/mol. The van der Waals surface area contributed by atoms with Crippen molar-refractivity contribution in [3.8, 4) is 5.75 Å². The highest BCUT2D eigenvalue weighted by molar-refractivity contribution is 5.98. The molecule has 7 amide bonds. The van der Waals surface area contributed by atoms with E-state index in [0.717, 1.165) is 0 Å². The van der Waals surface area contributed by atoms with E-state index in [9.17, 15) is 58.5 Å². The third kappa shape index (κ3) is 19.0. The van der Waals surface area contributed by atoms with Crippen molar-refractivity contribution in [1.82, 2.24) is 41.8 Å². The number of guanidine groups is 1. The number of aliphatic imine (C=N–C) groups is 1. The van der Waals surface area contributed by atoms with Crippen LogP contribution in [0.1, 0.15) is 83.0 Å². The maximum Gasteiger partial charge on any atom is 0.326 e. The predicted octanol–water partition coefficient (Wildman–Crippen LogP) is -0.643. The zero-order valence-electron chi connectivity index (χ0n) is 43.1. The molecule has 3 aromatic rings. The Hall–Kier alpha value is -8.15. The molecule has 24 nitrogen and oxygen atoms in total. The fraction of sp³-hybridized carbons (Fsp3) is 0.481. The van der Waals surface area contributed by atoms with Crippen molar-refractivity contribution in [2.75, 3.05) is 13.1 Å². The number of carbonyl (C=O) groups excluding carboxylic acids is 7. The number of benzene rings is 2. The summed E-state index contributed by atoms with van der Waals surface area (Å²) in [5.74, 6) is -9.64. The second kappa shape index (κ2) is 29.7. The standard InChI is InChI=1S/C52H72N12O12/c1-5-30(4)43(49(73)60-38(27-33-15-9-10-22-56-33)50(74)64-24-12-17-40(64)47(71)61-39(51(75)76)26-31-13-7-6-8-14-31)63-46(70)37(25-32-18-20-34(65)21-19-32)59-48(72)42(29(2)3)62-45(69)36(16-11-23-57-52(54)55)58-44(68)35(53)28-41(66)67/h6-10,13-15,18-22,29-30,35-40,42-43,65H,5,11-12,16-17,23-28,53H2,1-4H3,(H,58,68)(H,59,72)(H,60,73)(H,61,71)(H,62,69)(H,63,70)(H,66,67)(H,75,76)(H4,54,55,57)/t30-,35-,36-,37-,38-,39-,40-,42-,43-/m0/s1. The number of hydrogen-bond donors (Lipinski definition) is 12. The lowest BCUT2D eigenvalue weighted by atomic mass is 9.96. The van der Waals surface area contributed by atoms with Crippen molar-refractivity contribution in [2.24, 2.45) is 34.0 Å². The van der Waals surface area contributed by atoms with Crippen LogP contribution < -0.4 is 49.1 Å². The number of carbonyl (C=O) groups is 9. The first kappa shape index (κ1) is 60.4. The lowest BCUT2D eigenvalue weighted by molar-refractivity contribution is -0.145. The summed E-state index contributed by atoms with van der Waals surface area (Å²) in [4.78, 5) is 132. The van der Waals surface area contributed by atoms with Crippen molar-refractivity contribution < 1.29 is 58.5 Å². The molecule has 1 aromatic heterocycles. The Labute approximate surface area is 440 Å². The van der Waals surface area contributed by atoms with Gasteiger partial charge in [-0.2, -0.15) is 0 Å². The minimum atomic E-state index is -1.51. The van der Waals surface area contributed by atoms with E-state index in [2.05, 4.69) is 41.9 Å². The molecule has 0 spiro atoms. The van der Waals surface area contributed by atoms with Gasteiger partial charge in [-0.15, -0.1) is 0 Å². The third-order valence-electron chi connectivity index (χ3n) is 12.8. The lowest BCUT2D eigenvalue weighted by Crippen LogP contribution is -2.62. The number of phenolic OH excluding ortho intramolecular Hbond substituents is 1. The zero-order valence-corrected chi connectivity index (χ0v) is 43.1. The summed E-state index contributed by atoms with van der Waals surface area (Å²) in [5.41, 5.74) is 18.2. The summed E-state index contributed by atoms with van der Waals surface area (Å²) in [6.07, 6.45) is 1.57. The monoisotopic (exact) mass is 1060 g/mol. The van der Waals surface area contributed by atoms with Gasteiger partial charge >= 0.3 is 11.9 Å². The average Bonchev–Trinajstić information content (AvgIpc) is 3.88. The van der Waals surface area contributed by atoms with E-state index in [4.69, 9.17) is 17.2 Å². The number of nitrogens with two attached hydrogens (primary N) is 3. The first-order valence-corrected chi connectivity index (χ1v) is 25.2. The van der Waals surface area contributed by atoms with Crippen LogP contribution in [0, 0.1) is 11.8 Å². The molecule has 76 heavy (non-hydrogen) atoms. The van der Waals surface area contributed by atoms with Crippen LogP contribution in [0.4, 0.5) is 0 Å². The van der Waals surface area contributed by atoms with Gasteiger partial charge in [0.1, 0.15) is 48.0 Å². The molecule has 1 aliphatic rings. The van der Waals surface area contributed by atoms with E-state index < -0.39 is 120 Å². The second-order valence-electron chi connectivity index (χ2n) is 19.1. The Morgan fingerprint density at radius 3 is 1.89 bits per heavy atom. The van der Waals surface area contributed by atoms with Gasteiger partial charge in [0.15, 0.2) is 5.96 Å². The van der Waals surface area contributed by atoms with Crippen molar-refractivity contribution >= 4 is 59.2 Å². The van der Waals surface area contributed by atoms with E-state index in [1.807, 2.05) is 0 Å². The van der Waals surface area contributed by atoms with Crippen LogP contribution in [0.5, 0.6) is 5.75 Å². The number of amides is 7. The van der Waals surface area contributed by atoms with Gasteiger partial charge in [-0.05, 0) is 72.9 Å². The summed E-state index contributed by atoms with van der Waals surface area (Å²) in [5, 5.41) is 45.2. The molecule has 15 N–H and O–H groups in total. The second-order valence-corrected chi connectivity index (χ2v) is 19.1. The minimum Gasteiger partial charge on any atom is -0.508 e. The molecule has 412 valence electrons. The van der Waals surface area contributed by atoms with Crippen LogP contribution >= 0.6 is 0 Å². The first-order chi connectivity index (χ1) is 36.1. The number of carboxylic acids is 2. The average molecular weight is 1060 g/mol. The van der Waals surface area contributed by atoms with Gasteiger partial charge in [-0.3, -0.25) is 48.3 Å². The first-order valence-electron chi connectivity index (χ1n) is 25.2. The van der Waals surface area contributed by atoms with Crippen molar-refractivity contribution in [3.63, 3.8) is 0 Å². The molecular formula is C52H72N12O12. The maximum atomic E-state index is 14.6. The van der Waals surface area contributed by atoms with Crippen LogP contribution in [0.15, 0.2) is 84.0 Å². The number of likely N-dealkylation sites (tertiary alicyclic amines) is 1. The number of carboxylic acid groups (broad SMARTS) is 2. The summed E-state index contributed by atoms with van der Waals surface area (Å²) < 4.78 is 0. The number of hydrogen-bond acceptors (Lipinski definition) is 13. The van der Waals surface area contributed by atoms with Gasteiger partial charge in [-0.1, -0.05) is 82.6 Å². The van der Waals surface area contributed by atoms with E-state index in [1.165, 1.54) is 35.4 Å². The zero-order chi connectivity index (χ0) is 56.1. The summed E-state index contributed by atoms with van der Waals surface area (Å²) in [6.45, 7) is 6.91. The normalized spacial score (nSPS) is 16.2. The van der Waals surface area contributed by atoms with Crippen molar-refractivity contribution in [3.05, 3.63) is 95.8 Å². The number of aromatic nitrogens is 1. The fourth-order valence-electron chi connectivity index (χ4n) is 8.43. The number of nitrogens with one attached hydrogen (secondary N) is 6. The Morgan fingerprint density at radius 1 is 0.697 bits per heavy atom. The highest BCUT2D eigenvalue weighted by atomic mass is 16.4. The minimum absolute atomic E-state index is 0.00225. The largest absolute Gasteiger partial charge is 0.508 e. The maximum absolute atomic E-state index is 14.6. The number of rotatable bonds is 29. The quantitative estimate of drug-likeness (QED) is 0.0234.